The number of nitrogens with zero attached hydrogens (tertiary/aromatic N) is 3. The van der Waals surface area contributed by atoms with Gasteiger partial charge < -0.3 is 19.9 Å². The Morgan fingerprint density at radius 2 is 2.13 bits per heavy atom. The number of nitrogens with one attached hydrogen (secondary N) is 2. The minimum atomic E-state index is 0.328. The quantitative estimate of drug-likeness (QED) is 0.845. The topological polar surface area (TPSA) is 85.1 Å². The number of ether oxygens (including phenoxy) is 1. The molecule has 0 aromatic carbocycles. The van der Waals surface area contributed by atoms with E-state index in [0.29, 0.717) is 6.04 Å². The van der Waals surface area contributed by atoms with Gasteiger partial charge in [-0.2, -0.15) is 0 Å². The molecular formula is C16H23N5O2. The molecule has 7 nitrogen and oxygen atoms in total. The van der Waals surface area contributed by atoms with Gasteiger partial charge in [-0.25, -0.2) is 9.97 Å². The first kappa shape index (κ1) is 15.7. The molecule has 1 aliphatic rings. The van der Waals surface area contributed by atoms with E-state index in [0.717, 1.165) is 67.7 Å². The maximum absolute atomic E-state index is 5.48. The van der Waals surface area contributed by atoms with Crippen LogP contribution in [0.25, 0.3) is 0 Å². The van der Waals surface area contributed by atoms with E-state index >= 15 is 0 Å². The van der Waals surface area contributed by atoms with Crippen LogP contribution in [0.2, 0.25) is 0 Å². The molecule has 0 aliphatic carbocycles. The summed E-state index contributed by atoms with van der Waals surface area (Å²) in [6.07, 6.45) is 4.62. The lowest BCUT2D eigenvalue weighted by atomic mass is 10.1. The Bertz CT molecular complexity index is 618. The fourth-order valence-corrected chi connectivity index (χ4v) is 2.77. The van der Waals surface area contributed by atoms with Gasteiger partial charge in [0.15, 0.2) is 0 Å². The molecule has 0 radical (unpaired) electrons. The zero-order valence-corrected chi connectivity index (χ0v) is 13.6. The first-order valence-corrected chi connectivity index (χ1v) is 8.04. The normalized spacial score (nSPS) is 17.9. The molecule has 1 atom stereocenters. The zero-order valence-electron chi connectivity index (χ0n) is 13.6. The van der Waals surface area contributed by atoms with Crippen molar-refractivity contribution in [3.05, 3.63) is 29.4 Å². The third-order valence-corrected chi connectivity index (χ3v) is 4.04. The maximum Gasteiger partial charge on any atom is 0.137 e. The predicted molar refractivity (Wildman–Crippen MR) is 87.7 cm³/mol. The van der Waals surface area contributed by atoms with Crippen LogP contribution in [-0.2, 0) is 11.2 Å². The largest absolute Gasteiger partial charge is 0.379 e. The highest BCUT2D eigenvalue weighted by Crippen LogP contribution is 2.16. The lowest BCUT2D eigenvalue weighted by Crippen LogP contribution is -2.30. The minimum Gasteiger partial charge on any atom is -0.379 e. The molecule has 0 bridgehead atoms. The van der Waals surface area contributed by atoms with Crippen LogP contribution in [-0.4, -0.2) is 40.9 Å². The molecule has 0 amide bonds. The van der Waals surface area contributed by atoms with Gasteiger partial charge >= 0.3 is 0 Å². The van der Waals surface area contributed by atoms with Crippen molar-refractivity contribution in [3.63, 3.8) is 0 Å². The van der Waals surface area contributed by atoms with Crippen molar-refractivity contribution in [2.75, 3.05) is 30.4 Å². The van der Waals surface area contributed by atoms with Gasteiger partial charge in [0.25, 0.3) is 0 Å². The molecule has 1 aliphatic heterocycles. The van der Waals surface area contributed by atoms with Crippen LogP contribution in [0.1, 0.15) is 29.9 Å². The Balaban J connectivity index is 1.53. The third kappa shape index (κ3) is 4.19. The molecular weight excluding hydrogens is 294 g/mol. The van der Waals surface area contributed by atoms with E-state index in [1.807, 2.05) is 19.9 Å². The van der Waals surface area contributed by atoms with Gasteiger partial charge in [0.2, 0.25) is 0 Å². The molecule has 0 spiro atoms. The van der Waals surface area contributed by atoms with E-state index in [-0.39, 0.29) is 0 Å². The predicted octanol–water partition coefficient (Wildman–Crippen LogP) is 2.33. The van der Waals surface area contributed by atoms with Gasteiger partial charge in [-0.1, -0.05) is 5.16 Å². The number of hydrogen-bond donors (Lipinski definition) is 2. The summed E-state index contributed by atoms with van der Waals surface area (Å²) >= 11 is 0. The molecule has 2 N–H and O–H groups in total. The minimum absolute atomic E-state index is 0.328. The lowest BCUT2D eigenvalue weighted by Gasteiger charge is -2.23. The van der Waals surface area contributed by atoms with Gasteiger partial charge in [0.05, 0.1) is 18.3 Å². The van der Waals surface area contributed by atoms with Crippen molar-refractivity contribution in [1.82, 2.24) is 15.1 Å². The van der Waals surface area contributed by atoms with Crippen molar-refractivity contribution in [2.45, 2.75) is 39.2 Å². The molecule has 3 rings (SSSR count). The summed E-state index contributed by atoms with van der Waals surface area (Å²) in [6, 6.07) is 2.26. The first-order valence-electron chi connectivity index (χ1n) is 8.04. The fraction of sp³-hybridized carbons (Fsp3) is 0.562. The van der Waals surface area contributed by atoms with Gasteiger partial charge in [-0.15, -0.1) is 0 Å². The maximum atomic E-state index is 5.48. The highest BCUT2D eigenvalue weighted by molar-refractivity contribution is 5.47. The van der Waals surface area contributed by atoms with E-state index in [1.54, 1.807) is 6.33 Å². The summed E-state index contributed by atoms with van der Waals surface area (Å²) in [7, 11) is 0. The number of anilines is 2. The standard InChI is InChI=1S/C16H23N5O2/c1-11-14(12(2)23-21-11)5-6-17-15-8-16(19-10-18-15)20-13-4-3-7-22-9-13/h8,10,13H,3-7,9H2,1-2H3,(H2,17,18,19,20). The van der Waals surface area contributed by atoms with E-state index in [9.17, 15) is 0 Å². The SMILES string of the molecule is Cc1noc(C)c1CCNc1cc(NC2CCCOC2)ncn1. The molecule has 2 aromatic rings. The van der Waals surface area contributed by atoms with Crippen molar-refractivity contribution >= 4 is 11.6 Å². The summed E-state index contributed by atoms with van der Waals surface area (Å²) in [5.74, 6) is 2.52. The Kier molecular flexibility index (Phi) is 5.07. The summed E-state index contributed by atoms with van der Waals surface area (Å²) in [5.41, 5.74) is 2.11. The van der Waals surface area contributed by atoms with Crippen LogP contribution in [0, 0.1) is 13.8 Å². The average molecular weight is 317 g/mol. The summed E-state index contributed by atoms with van der Waals surface area (Å²) in [4.78, 5) is 8.54. The molecule has 1 fully saturated rings. The highest BCUT2D eigenvalue weighted by atomic mass is 16.5. The number of hydrogen-bond acceptors (Lipinski definition) is 7. The Hall–Kier alpha value is -2.15. The van der Waals surface area contributed by atoms with Gasteiger partial charge in [-0.3, -0.25) is 0 Å². The van der Waals surface area contributed by atoms with E-state index < -0.39 is 0 Å². The Morgan fingerprint density at radius 1 is 1.26 bits per heavy atom. The van der Waals surface area contributed by atoms with Crippen LogP contribution >= 0.6 is 0 Å². The number of aryl methyl sites for hydroxylation is 2. The van der Waals surface area contributed by atoms with Gasteiger partial charge in [-0.05, 0) is 33.1 Å². The average Bonchev–Trinajstić information content (AvgIpc) is 2.88. The Morgan fingerprint density at radius 3 is 2.87 bits per heavy atom. The van der Waals surface area contributed by atoms with Crippen molar-refractivity contribution in [1.29, 1.82) is 0 Å². The van der Waals surface area contributed by atoms with Gasteiger partial charge in [0.1, 0.15) is 23.7 Å². The van der Waals surface area contributed by atoms with E-state index in [4.69, 9.17) is 9.26 Å². The first-order chi connectivity index (χ1) is 11.2. The highest BCUT2D eigenvalue weighted by Gasteiger charge is 2.14. The monoisotopic (exact) mass is 317 g/mol. The lowest BCUT2D eigenvalue weighted by molar-refractivity contribution is 0.0875. The van der Waals surface area contributed by atoms with Crippen molar-refractivity contribution in [2.24, 2.45) is 0 Å². The second kappa shape index (κ2) is 7.41. The molecule has 3 heterocycles. The van der Waals surface area contributed by atoms with Crippen LogP contribution < -0.4 is 10.6 Å². The smallest absolute Gasteiger partial charge is 0.137 e. The van der Waals surface area contributed by atoms with E-state index in [1.165, 1.54) is 0 Å². The summed E-state index contributed by atoms with van der Waals surface area (Å²) in [5, 5.41) is 10.7. The summed E-state index contributed by atoms with van der Waals surface area (Å²) in [6.45, 7) is 6.26. The van der Waals surface area contributed by atoms with Crippen LogP contribution in [0.4, 0.5) is 11.6 Å². The van der Waals surface area contributed by atoms with E-state index in [2.05, 4.69) is 25.8 Å². The van der Waals surface area contributed by atoms with Crippen LogP contribution in [0.5, 0.6) is 0 Å². The number of rotatable bonds is 6. The molecule has 1 saturated heterocycles. The van der Waals surface area contributed by atoms with Crippen molar-refractivity contribution < 1.29 is 9.26 Å². The molecule has 0 saturated carbocycles. The second-order valence-corrected chi connectivity index (χ2v) is 5.83. The summed E-state index contributed by atoms with van der Waals surface area (Å²) < 4.78 is 10.7. The molecule has 23 heavy (non-hydrogen) atoms. The van der Waals surface area contributed by atoms with Gasteiger partial charge in [0, 0.05) is 24.8 Å². The zero-order chi connectivity index (χ0) is 16.1. The Labute approximate surface area is 135 Å². The molecule has 2 aromatic heterocycles. The van der Waals surface area contributed by atoms with Crippen molar-refractivity contribution in [3.8, 4) is 0 Å². The molecule has 7 heteroatoms. The van der Waals surface area contributed by atoms with Crippen LogP contribution in [0.15, 0.2) is 16.9 Å². The third-order valence-electron chi connectivity index (χ3n) is 4.04. The molecule has 124 valence electrons. The number of aromatic nitrogens is 3. The second-order valence-electron chi connectivity index (χ2n) is 5.83. The molecule has 1 unspecified atom stereocenters. The van der Waals surface area contributed by atoms with Crippen LogP contribution in [0.3, 0.4) is 0 Å². The fourth-order valence-electron chi connectivity index (χ4n) is 2.77.